The van der Waals surface area contributed by atoms with Crippen molar-refractivity contribution >= 4 is 41.0 Å². The number of hydrogen-bond acceptors (Lipinski definition) is 10. The molecule has 1 aliphatic heterocycles. The highest BCUT2D eigenvalue weighted by Crippen LogP contribution is 2.32. The van der Waals surface area contributed by atoms with Gasteiger partial charge >= 0.3 is 11.9 Å². The molecule has 0 spiro atoms. The second-order valence-corrected chi connectivity index (χ2v) is 14.2. The molecule has 13 nitrogen and oxygen atoms in total. The summed E-state index contributed by atoms with van der Waals surface area (Å²) in [5, 5.41) is 20.4. The Morgan fingerprint density at radius 3 is 2.35 bits per heavy atom. The van der Waals surface area contributed by atoms with Gasteiger partial charge in [-0.3, -0.25) is 24.0 Å². The van der Waals surface area contributed by atoms with Crippen molar-refractivity contribution in [2.45, 2.75) is 90.8 Å². The highest BCUT2D eigenvalue weighted by atomic mass is 32.1. The predicted octanol–water partition coefficient (Wildman–Crippen LogP) is 4.25. The number of carbonyl (C=O) groups is 5. The Labute approximate surface area is 304 Å². The van der Waals surface area contributed by atoms with Crippen LogP contribution in [0.15, 0.2) is 47.0 Å². The van der Waals surface area contributed by atoms with Gasteiger partial charge in [0.25, 0.3) is 5.91 Å². The van der Waals surface area contributed by atoms with Crippen LogP contribution >= 0.6 is 11.3 Å². The van der Waals surface area contributed by atoms with E-state index in [1.54, 1.807) is 19.4 Å². The largest absolute Gasteiger partial charge is 0.481 e. The Morgan fingerprint density at radius 2 is 1.76 bits per heavy atom. The Hall–Kier alpha value is -4.14. The molecule has 4 N–H and O–H groups in total. The van der Waals surface area contributed by atoms with Crippen LogP contribution in [0.5, 0.6) is 0 Å². The number of nitrogens with one attached hydrogen (secondary N) is 3. The van der Waals surface area contributed by atoms with Gasteiger partial charge in [-0.1, -0.05) is 49.2 Å². The van der Waals surface area contributed by atoms with Gasteiger partial charge in [0, 0.05) is 49.8 Å². The second kappa shape index (κ2) is 20.6. The van der Waals surface area contributed by atoms with E-state index in [0.717, 1.165) is 48.3 Å². The van der Waals surface area contributed by atoms with E-state index in [2.05, 4.69) is 20.9 Å². The lowest BCUT2D eigenvalue weighted by atomic mass is 9.95. The molecule has 14 heteroatoms. The molecule has 0 aliphatic carbocycles. The van der Waals surface area contributed by atoms with Crippen LogP contribution in [0.4, 0.5) is 0 Å². The number of benzene rings is 1. The number of thiazole rings is 1. The van der Waals surface area contributed by atoms with Crippen molar-refractivity contribution < 1.29 is 38.6 Å². The topological polar surface area (TPSA) is 176 Å². The Bertz CT molecular complexity index is 1510. The van der Waals surface area contributed by atoms with Crippen molar-refractivity contribution in [2.24, 2.45) is 11.8 Å². The summed E-state index contributed by atoms with van der Waals surface area (Å²) >= 11 is 1.15. The first-order valence-corrected chi connectivity index (χ1v) is 18.3. The molecular formula is C37H53N5O8S. The molecule has 2 aromatic rings. The summed E-state index contributed by atoms with van der Waals surface area (Å²) < 4.78 is 11.1. The third-order valence-corrected chi connectivity index (χ3v) is 9.73. The number of amides is 3. The van der Waals surface area contributed by atoms with Gasteiger partial charge in [-0.15, -0.1) is 11.3 Å². The number of carboxylic acids is 1. The van der Waals surface area contributed by atoms with Crippen molar-refractivity contribution in [3.05, 3.63) is 63.2 Å². The number of allylic oxidation sites excluding steroid dienone is 1. The first-order valence-electron chi connectivity index (χ1n) is 17.5. The fourth-order valence-electron chi connectivity index (χ4n) is 5.83. The van der Waals surface area contributed by atoms with Crippen LogP contribution in [0.1, 0.15) is 93.4 Å². The number of esters is 1. The van der Waals surface area contributed by atoms with Crippen LogP contribution in [-0.2, 0) is 35.1 Å². The summed E-state index contributed by atoms with van der Waals surface area (Å²) in [4.78, 5) is 70.2. The highest BCUT2D eigenvalue weighted by molar-refractivity contribution is 7.09. The van der Waals surface area contributed by atoms with Gasteiger partial charge in [-0.25, -0.2) is 4.98 Å². The van der Waals surface area contributed by atoms with Gasteiger partial charge in [0.05, 0.1) is 19.1 Å². The minimum absolute atomic E-state index is 0.0960. The van der Waals surface area contributed by atoms with Crippen molar-refractivity contribution in [1.29, 1.82) is 0 Å². The molecule has 1 aromatic carbocycles. The molecular weight excluding hydrogens is 675 g/mol. The molecule has 3 rings (SSSR count). The zero-order chi connectivity index (χ0) is 37.5. The number of nitrogens with zero attached hydrogens (tertiary/aromatic N) is 2. The quantitative estimate of drug-likeness (QED) is 0.107. The lowest BCUT2D eigenvalue weighted by molar-refractivity contribution is -0.147. The molecule has 3 amide bonds. The molecule has 0 radical (unpaired) electrons. The molecule has 1 aromatic heterocycles. The number of rotatable bonds is 21. The molecule has 4 atom stereocenters. The Balaban J connectivity index is 1.76. The predicted molar refractivity (Wildman–Crippen MR) is 194 cm³/mol. The Kier molecular flexibility index (Phi) is 16.7. The highest BCUT2D eigenvalue weighted by Gasteiger charge is 2.38. The van der Waals surface area contributed by atoms with E-state index in [-0.39, 0.29) is 36.3 Å². The Morgan fingerprint density at radius 1 is 1.06 bits per heavy atom. The van der Waals surface area contributed by atoms with Crippen molar-refractivity contribution in [3.63, 3.8) is 0 Å². The molecule has 1 fully saturated rings. The van der Waals surface area contributed by atoms with Crippen LogP contribution in [0.2, 0.25) is 0 Å². The van der Waals surface area contributed by atoms with Crippen molar-refractivity contribution in [3.8, 4) is 0 Å². The average molecular weight is 728 g/mol. The van der Waals surface area contributed by atoms with Crippen LogP contribution < -0.4 is 16.0 Å². The van der Waals surface area contributed by atoms with E-state index >= 15 is 0 Å². The molecule has 0 saturated carbocycles. The van der Waals surface area contributed by atoms with Gasteiger partial charge in [0.15, 0.2) is 6.10 Å². The molecule has 0 bridgehead atoms. The molecule has 51 heavy (non-hydrogen) atoms. The van der Waals surface area contributed by atoms with E-state index in [4.69, 9.17) is 9.47 Å². The van der Waals surface area contributed by atoms with Gasteiger partial charge in [-0.2, -0.15) is 0 Å². The van der Waals surface area contributed by atoms with Crippen molar-refractivity contribution in [2.75, 3.05) is 33.9 Å². The molecule has 1 aliphatic rings. The average Bonchev–Trinajstić information content (AvgIpc) is 3.55. The summed E-state index contributed by atoms with van der Waals surface area (Å²) in [6.07, 6.45) is 2.75. The van der Waals surface area contributed by atoms with Crippen LogP contribution in [-0.4, -0.2) is 90.6 Å². The number of aromatic nitrogens is 1. The molecule has 2 heterocycles. The summed E-state index contributed by atoms with van der Waals surface area (Å²) in [6.45, 7) is 8.18. The number of ether oxygens (including phenoxy) is 2. The van der Waals surface area contributed by atoms with Crippen LogP contribution in [0.3, 0.4) is 0 Å². The van der Waals surface area contributed by atoms with Gasteiger partial charge < -0.3 is 35.4 Å². The first-order chi connectivity index (χ1) is 24.3. The second-order valence-electron chi connectivity index (χ2n) is 13.3. The van der Waals surface area contributed by atoms with E-state index in [1.165, 1.54) is 11.8 Å². The molecule has 0 unspecified atom stereocenters. The first kappa shape index (κ1) is 41.3. The van der Waals surface area contributed by atoms with Crippen LogP contribution in [0.25, 0.3) is 0 Å². The lowest BCUT2D eigenvalue weighted by Crippen LogP contribution is -2.56. The molecule has 280 valence electrons. The number of aliphatic carboxylic acids is 1. The fourth-order valence-corrected chi connectivity index (χ4v) is 6.66. The van der Waals surface area contributed by atoms with Gasteiger partial charge in [0.2, 0.25) is 11.8 Å². The number of carboxylic acid groups (broad SMARTS) is 1. The number of hydrogen-bond donors (Lipinski definition) is 4. The SMILES string of the molecule is CNCCCCCC(=O)N[C@H](C(=O)N(C)C(C[C@@H](OC(C)=O)c1nc(C(=O)N[C@@H](Cc2ccccc2)C[C@H](C)C(=O)O)cs1)=C(C)C)C1COC1. The zero-order valence-corrected chi connectivity index (χ0v) is 31.3. The minimum Gasteiger partial charge on any atom is -0.481 e. The van der Waals surface area contributed by atoms with E-state index in [9.17, 15) is 29.1 Å². The number of carbonyl (C=O) groups excluding carboxylic acids is 4. The number of unbranched alkanes of at least 4 members (excludes halogenated alkanes) is 2. The van der Waals surface area contributed by atoms with Gasteiger partial charge in [-0.05, 0) is 58.7 Å². The van der Waals surface area contributed by atoms with Gasteiger partial charge in [0.1, 0.15) is 16.7 Å². The third-order valence-electron chi connectivity index (χ3n) is 8.80. The summed E-state index contributed by atoms with van der Waals surface area (Å²) in [5.41, 5.74) is 2.45. The maximum atomic E-state index is 14.0. The summed E-state index contributed by atoms with van der Waals surface area (Å²) in [6, 6.07) is 8.24. The summed E-state index contributed by atoms with van der Waals surface area (Å²) in [7, 11) is 3.53. The van der Waals surface area contributed by atoms with Crippen LogP contribution in [0, 0.1) is 11.8 Å². The van der Waals surface area contributed by atoms with E-state index in [0.29, 0.717) is 36.8 Å². The minimum atomic E-state index is -0.952. The smallest absolute Gasteiger partial charge is 0.306 e. The number of likely N-dealkylation sites (N-methyl/N-ethyl adjacent to an activating group) is 1. The van der Waals surface area contributed by atoms with E-state index in [1.807, 2.05) is 51.2 Å². The fraction of sp³-hybridized carbons (Fsp3) is 0.568. The standard InChI is InChI=1S/C37H53N5O8S/c1-23(2)30(42(6)36(46)33(27-20-49-21-27)41-32(44)15-11-8-12-16-38-5)19-31(50-25(4)43)35-40-29(22-51-35)34(45)39-28(17-24(3)37(47)48)18-26-13-9-7-10-14-26/h7,9-10,13-14,22,24,27-28,31,33,38H,8,11-12,15-21H2,1-6H3,(H,39,45)(H,41,44)(H,47,48)/t24-,28+,31+,33-/m0/s1. The molecule has 1 saturated heterocycles. The van der Waals surface area contributed by atoms with Crippen molar-refractivity contribution in [1.82, 2.24) is 25.8 Å². The van der Waals surface area contributed by atoms with E-state index < -0.39 is 42.0 Å². The zero-order valence-electron chi connectivity index (χ0n) is 30.5. The monoisotopic (exact) mass is 727 g/mol. The maximum absolute atomic E-state index is 14.0. The maximum Gasteiger partial charge on any atom is 0.306 e. The third kappa shape index (κ3) is 13.2. The summed E-state index contributed by atoms with van der Waals surface area (Å²) in [5.74, 6) is -3.32. The lowest BCUT2D eigenvalue weighted by Gasteiger charge is -2.36. The normalized spacial score (nSPS) is 15.0.